The minimum atomic E-state index is 0. The van der Waals surface area contributed by atoms with Crippen molar-refractivity contribution >= 4 is 12.4 Å². The molecule has 1 unspecified atom stereocenters. The first-order valence-electron chi connectivity index (χ1n) is 7.28. The van der Waals surface area contributed by atoms with Crippen LogP contribution >= 0.6 is 12.4 Å². The second kappa shape index (κ2) is 6.92. The van der Waals surface area contributed by atoms with Crippen molar-refractivity contribution in [3.05, 3.63) is 59.7 Å². The lowest BCUT2D eigenvalue weighted by Crippen LogP contribution is -2.35. The number of hydrogen-bond donors (Lipinski definition) is 1. The number of nitrogens with one attached hydrogen (secondary N) is 1. The molecule has 0 bridgehead atoms. The summed E-state index contributed by atoms with van der Waals surface area (Å²) in [7, 11) is 0. The predicted octanol–water partition coefficient (Wildman–Crippen LogP) is 4.59. The summed E-state index contributed by atoms with van der Waals surface area (Å²) < 4.78 is 0. The molecule has 1 N–H and O–H groups in total. The fourth-order valence-corrected chi connectivity index (χ4v) is 3.06. The van der Waals surface area contributed by atoms with Gasteiger partial charge in [0.15, 0.2) is 0 Å². The van der Waals surface area contributed by atoms with Crippen molar-refractivity contribution in [3.63, 3.8) is 0 Å². The molecule has 3 rings (SSSR count). The van der Waals surface area contributed by atoms with Crippen molar-refractivity contribution in [2.45, 2.75) is 38.8 Å². The van der Waals surface area contributed by atoms with E-state index < -0.39 is 0 Å². The minimum Gasteiger partial charge on any atom is -0.310 e. The molecular weight excluding hydrogens is 266 g/mol. The maximum absolute atomic E-state index is 3.69. The topological polar surface area (TPSA) is 12.0 Å². The number of fused-ring (bicyclic) bond motifs is 1. The van der Waals surface area contributed by atoms with Crippen LogP contribution in [0, 0.1) is 0 Å². The van der Waals surface area contributed by atoms with Gasteiger partial charge in [-0.25, -0.2) is 0 Å². The highest BCUT2D eigenvalue weighted by atomic mass is 35.5. The first-order chi connectivity index (χ1) is 9.38. The summed E-state index contributed by atoms with van der Waals surface area (Å²) in [6, 6.07) is 18.1. The van der Waals surface area contributed by atoms with Gasteiger partial charge in [-0.05, 0) is 35.1 Å². The molecule has 2 heteroatoms. The van der Waals surface area contributed by atoms with Gasteiger partial charge in [-0.1, -0.05) is 61.9 Å². The molecule has 1 atom stereocenters. The van der Waals surface area contributed by atoms with E-state index in [1.807, 2.05) is 0 Å². The predicted molar refractivity (Wildman–Crippen MR) is 88.4 cm³/mol. The average molecular weight is 288 g/mol. The fourth-order valence-electron chi connectivity index (χ4n) is 3.06. The molecular formula is C18H22ClN. The molecule has 0 amide bonds. The Morgan fingerprint density at radius 1 is 1.05 bits per heavy atom. The van der Waals surface area contributed by atoms with Crippen molar-refractivity contribution in [2.75, 3.05) is 0 Å². The van der Waals surface area contributed by atoms with E-state index in [9.17, 15) is 0 Å². The first kappa shape index (κ1) is 15.1. The molecule has 0 radical (unpaired) electrons. The zero-order valence-corrected chi connectivity index (χ0v) is 12.7. The van der Waals surface area contributed by atoms with Gasteiger partial charge in [0.1, 0.15) is 0 Å². The zero-order valence-electron chi connectivity index (χ0n) is 11.9. The number of rotatable bonds is 3. The maximum atomic E-state index is 3.69. The molecule has 0 fully saturated rings. The largest absolute Gasteiger partial charge is 0.310 e. The standard InChI is InChI=1S/C18H21N.ClH/c1-2-7-16-12-15-10-6-11-17(18(15)13-19-16)14-8-4-3-5-9-14;/h3-6,8-11,16,19H,2,7,12-13H2,1H3;1H. The summed E-state index contributed by atoms with van der Waals surface area (Å²) in [5.74, 6) is 0. The summed E-state index contributed by atoms with van der Waals surface area (Å²) in [5.41, 5.74) is 5.73. The Kier molecular flexibility index (Phi) is 5.22. The van der Waals surface area contributed by atoms with Gasteiger partial charge in [0, 0.05) is 12.6 Å². The van der Waals surface area contributed by atoms with E-state index in [1.165, 1.54) is 41.5 Å². The van der Waals surface area contributed by atoms with Gasteiger partial charge < -0.3 is 5.32 Å². The van der Waals surface area contributed by atoms with Gasteiger partial charge in [-0.3, -0.25) is 0 Å². The number of halogens is 1. The van der Waals surface area contributed by atoms with E-state index in [0.29, 0.717) is 6.04 Å². The summed E-state index contributed by atoms with van der Waals surface area (Å²) in [5, 5.41) is 3.69. The third-order valence-electron chi connectivity index (χ3n) is 4.03. The van der Waals surface area contributed by atoms with E-state index >= 15 is 0 Å². The Hall–Kier alpha value is -1.31. The van der Waals surface area contributed by atoms with Crippen molar-refractivity contribution in [1.82, 2.24) is 5.32 Å². The highest BCUT2D eigenvalue weighted by Gasteiger charge is 2.19. The van der Waals surface area contributed by atoms with Crippen LogP contribution < -0.4 is 5.32 Å². The Morgan fingerprint density at radius 2 is 1.85 bits per heavy atom. The van der Waals surface area contributed by atoms with Crippen LogP contribution in [-0.4, -0.2) is 6.04 Å². The van der Waals surface area contributed by atoms with Crippen LogP contribution in [0.25, 0.3) is 11.1 Å². The molecule has 1 nitrogen and oxygen atoms in total. The van der Waals surface area contributed by atoms with Crippen LogP contribution in [0.5, 0.6) is 0 Å². The molecule has 0 saturated carbocycles. The fraction of sp³-hybridized carbons (Fsp3) is 0.333. The van der Waals surface area contributed by atoms with Gasteiger partial charge in [0.05, 0.1) is 0 Å². The smallest absolute Gasteiger partial charge is 0.0217 e. The third kappa shape index (κ3) is 3.05. The molecule has 0 saturated heterocycles. The molecule has 20 heavy (non-hydrogen) atoms. The molecule has 1 aliphatic heterocycles. The van der Waals surface area contributed by atoms with Crippen LogP contribution in [0.15, 0.2) is 48.5 Å². The first-order valence-corrected chi connectivity index (χ1v) is 7.28. The van der Waals surface area contributed by atoms with Crippen molar-refractivity contribution in [2.24, 2.45) is 0 Å². The van der Waals surface area contributed by atoms with Gasteiger partial charge in [0.25, 0.3) is 0 Å². The minimum absolute atomic E-state index is 0. The summed E-state index contributed by atoms with van der Waals surface area (Å²) in [4.78, 5) is 0. The SMILES string of the molecule is CCCC1Cc2cccc(-c3ccccc3)c2CN1.Cl. The lowest BCUT2D eigenvalue weighted by Gasteiger charge is -2.27. The maximum Gasteiger partial charge on any atom is 0.0217 e. The van der Waals surface area contributed by atoms with Gasteiger partial charge in [-0.2, -0.15) is 0 Å². The second-order valence-electron chi connectivity index (χ2n) is 5.38. The zero-order chi connectivity index (χ0) is 13.1. The van der Waals surface area contributed by atoms with E-state index in [4.69, 9.17) is 0 Å². The number of hydrogen-bond acceptors (Lipinski definition) is 1. The lowest BCUT2D eigenvalue weighted by atomic mass is 9.88. The summed E-state index contributed by atoms with van der Waals surface area (Å²) in [6.45, 7) is 3.27. The highest BCUT2D eigenvalue weighted by Crippen LogP contribution is 2.29. The monoisotopic (exact) mass is 287 g/mol. The Labute approximate surface area is 127 Å². The van der Waals surface area contributed by atoms with Crippen LogP contribution in [0.3, 0.4) is 0 Å². The highest BCUT2D eigenvalue weighted by molar-refractivity contribution is 5.85. The Bertz CT molecular complexity index is 551. The van der Waals surface area contributed by atoms with Crippen LogP contribution in [0.2, 0.25) is 0 Å². The van der Waals surface area contributed by atoms with Crippen LogP contribution in [0.1, 0.15) is 30.9 Å². The van der Waals surface area contributed by atoms with Gasteiger partial charge in [0.2, 0.25) is 0 Å². The van der Waals surface area contributed by atoms with Crippen LogP contribution in [0.4, 0.5) is 0 Å². The average Bonchev–Trinajstić information content (AvgIpc) is 2.48. The van der Waals surface area contributed by atoms with Crippen molar-refractivity contribution in [3.8, 4) is 11.1 Å². The Balaban J connectivity index is 0.00000147. The van der Waals surface area contributed by atoms with Crippen molar-refractivity contribution < 1.29 is 0 Å². The normalized spacial score (nSPS) is 17.1. The Morgan fingerprint density at radius 3 is 2.60 bits per heavy atom. The third-order valence-corrected chi connectivity index (χ3v) is 4.03. The van der Waals surface area contributed by atoms with E-state index in [1.54, 1.807) is 0 Å². The van der Waals surface area contributed by atoms with Gasteiger partial charge >= 0.3 is 0 Å². The van der Waals surface area contributed by atoms with E-state index in [0.717, 1.165) is 6.54 Å². The van der Waals surface area contributed by atoms with Crippen LogP contribution in [-0.2, 0) is 13.0 Å². The molecule has 106 valence electrons. The molecule has 0 spiro atoms. The lowest BCUT2D eigenvalue weighted by molar-refractivity contribution is 0.449. The molecule has 2 aromatic rings. The number of benzene rings is 2. The molecule has 2 aromatic carbocycles. The second-order valence-corrected chi connectivity index (χ2v) is 5.38. The summed E-state index contributed by atoms with van der Waals surface area (Å²) >= 11 is 0. The summed E-state index contributed by atoms with van der Waals surface area (Å²) in [6.07, 6.45) is 3.70. The van der Waals surface area contributed by atoms with E-state index in [2.05, 4.69) is 60.8 Å². The molecule has 0 aromatic heterocycles. The van der Waals surface area contributed by atoms with E-state index in [-0.39, 0.29) is 12.4 Å². The molecule has 1 heterocycles. The van der Waals surface area contributed by atoms with Gasteiger partial charge in [-0.15, -0.1) is 12.4 Å². The van der Waals surface area contributed by atoms with Crippen molar-refractivity contribution in [1.29, 1.82) is 0 Å². The molecule has 1 aliphatic rings. The molecule has 0 aliphatic carbocycles. The quantitative estimate of drug-likeness (QED) is 0.871.